The van der Waals surface area contributed by atoms with E-state index in [-0.39, 0.29) is 6.54 Å². The van der Waals surface area contributed by atoms with Crippen molar-refractivity contribution >= 4 is 20.0 Å². The van der Waals surface area contributed by atoms with Crippen LogP contribution < -0.4 is 9.44 Å². The summed E-state index contributed by atoms with van der Waals surface area (Å²) < 4.78 is 82.6. The van der Waals surface area contributed by atoms with Crippen LogP contribution in [0.15, 0.2) is 48.5 Å². The number of alkyl halides is 3. The molecule has 0 aliphatic carbocycles. The topological polar surface area (TPSA) is 92.3 Å². The summed E-state index contributed by atoms with van der Waals surface area (Å²) in [4.78, 5) is 0. The molecule has 0 unspecified atom stereocenters. The number of sulfonamides is 2. The molecule has 0 aliphatic heterocycles. The summed E-state index contributed by atoms with van der Waals surface area (Å²) in [6, 6.07) is 14.2. The quantitative estimate of drug-likeness (QED) is 0.705. The van der Waals surface area contributed by atoms with E-state index in [1.54, 1.807) is 24.3 Å². The minimum atomic E-state index is -5.27. The summed E-state index contributed by atoms with van der Waals surface area (Å²) in [7, 11) is -8.34. The van der Waals surface area contributed by atoms with Crippen molar-refractivity contribution in [2.24, 2.45) is 0 Å². The Hall–Kier alpha value is -1.95. The third-order valence-corrected chi connectivity index (χ3v) is 5.35. The molecule has 2 aromatic rings. The molecule has 0 bridgehead atoms. The molecular formula is C18H23F3N2O4S2. The fourth-order valence-corrected chi connectivity index (χ4v) is 2.84. The van der Waals surface area contributed by atoms with Crippen LogP contribution in [0.1, 0.15) is 22.3 Å². The molecule has 0 aliphatic rings. The Balaban J connectivity index is 0.000000296. The van der Waals surface area contributed by atoms with Crippen molar-refractivity contribution in [2.45, 2.75) is 32.4 Å². The summed E-state index contributed by atoms with van der Waals surface area (Å²) in [6.45, 7) is 3.80. The van der Waals surface area contributed by atoms with Gasteiger partial charge < -0.3 is 0 Å². The third kappa shape index (κ3) is 9.88. The number of aryl methyl sites for hydroxylation is 2. The van der Waals surface area contributed by atoms with E-state index >= 15 is 0 Å². The van der Waals surface area contributed by atoms with Crippen molar-refractivity contribution < 1.29 is 30.0 Å². The van der Waals surface area contributed by atoms with Gasteiger partial charge in [0, 0.05) is 13.1 Å². The van der Waals surface area contributed by atoms with Crippen molar-refractivity contribution in [2.75, 3.05) is 6.26 Å². The van der Waals surface area contributed by atoms with E-state index in [4.69, 9.17) is 0 Å². The molecule has 0 atom stereocenters. The van der Waals surface area contributed by atoms with Crippen molar-refractivity contribution in [1.82, 2.24) is 9.44 Å². The molecule has 11 heteroatoms. The van der Waals surface area contributed by atoms with Gasteiger partial charge in [0.1, 0.15) is 0 Å². The Morgan fingerprint density at radius 3 is 1.38 bits per heavy atom. The normalized spacial score (nSPS) is 12.2. The lowest BCUT2D eigenvalue weighted by Crippen LogP contribution is -2.35. The summed E-state index contributed by atoms with van der Waals surface area (Å²) in [5.41, 5.74) is -1.71. The molecule has 162 valence electrons. The minimum absolute atomic E-state index is 0.360. The fourth-order valence-electron chi connectivity index (χ4n) is 1.89. The van der Waals surface area contributed by atoms with Crippen LogP contribution in [-0.4, -0.2) is 28.6 Å². The summed E-state index contributed by atoms with van der Waals surface area (Å²) >= 11 is 0. The second kappa shape index (κ2) is 10.2. The second-order valence-corrected chi connectivity index (χ2v) is 9.93. The first-order valence-corrected chi connectivity index (χ1v) is 11.7. The van der Waals surface area contributed by atoms with Gasteiger partial charge in [0.15, 0.2) is 0 Å². The summed E-state index contributed by atoms with van der Waals surface area (Å²) in [6.07, 6.45) is 1.15. The van der Waals surface area contributed by atoms with Gasteiger partial charge in [0.2, 0.25) is 10.0 Å². The van der Waals surface area contributed by atoms with Crippen LogP contribution in [0.2, 0.25) is 0 Å². The van der Waals surface area contributed by atoms with Gasteiger partial charge in [-0.3, -0.25) is 0 Å². The molecule has 0 fully saturated rings. The molecule has 2 N–H and O–H groups in total. The lowest BCUT2D eigenvalue weighted by molar-refractivity contribution is -0.0448. The van der Waals surface area contributed by atoms with Gasteiger partial charge >= 0.3 is 15.5 Å². The largest absolute Gasteiger partial charge is 0.511 e. The van der Waals surface area contributed by atoms with Crippen LogP contribution in [0.3, 0.4) is 0 Å². The van der Waals surface area contributed by atoms with Gasteiger partial charge in [-0.1, -0.05) is 59.7 Å². The zero-order valence-corrected chi connectivity index (χ0v) is 17.7. The van der Waals surface area contributed by atoms with Crippen molar-refractivity contribution in [3.05, 3.63) is 70.8 Å². The number of halogens is 3. The standard InChI is InChI=1S/C9H10F3NO2S.C9H13NO2S/c1-7-2-4-8(5-3-7)6-13-16(14,15)9(10,11)12;1-8-3-5-9(6-4-8)7-10-13(2,11)12/h2-5,13H,6H2,1H3;3-6,10H,7H2,1-2H3. The van der Waals surface area contributed by atoms with Crippen LogP contribution in [0.4, 0.5) is 13.2 Å². The number of nitrogens with one attached hydrogen (secondary N) is 2. The fraction of sp³-hybridized carbons (Fsp3) is 0.333. The first-order chi connectivity index (χ1) is 13.2. The number of hydrogen-bond donors (Lipinski definition) is 2. The Morgan fingerprint density at radius 2 is 1.07 bits per heavy atom. The highest BCUT2D eigenvalue weighted by atomic mass is 32.2. The third-order valence-electron chi connectivity index (χ3n) is 3.55. The van der Waals surface area contributed by atoms with E-state index in [1.165, 1.54) is 10.3 Å². The lowest BCUT2D eigenvalue weighted by Gasteiger charge is -2.09. The molecule has 0 aromatic heterocycles. The summed E-state index contributed by atoms with van der Waals surface area (Å²) in [5.74, 6) is 0. The maximum atomic E-state index is 11.9. The van der Waals surface area contributed by atoms with Gasteiger partial charge in [-0.15, -0.1) is 0 Å². The molecule has 0 spiro atoms. The SMILES string of the molecule is Cc1ccc(CNS(=O)(=O)C(F)(F)F)cc1.Cc1ccc(CNS(C)(=O)=O)cc1. The Kier molecular flexibility index (Phi) is 8.82. The van der Waals surface area contributed by atoms with Crippen molar-refractivity contribution in [1.29, 1.82) is 0 Å². The van der Waals surface area contributed by atoms with Crippen molar-refractivity contribution in [3.63, 3.8) is 0 Å². The molecule has 0 saturated carbocycles. The molecule has 29 heavy (non-hydrogen) atoms. The maximum absolute atomic E-state index is 11.9. The lowest BCUT2D eigenvalue weighted by atomic mass is 10.2. The van der Waals surface area contributed by atoms with Gasteiger partial charge in [0.05, 0.1) is 6.26 Å². The average molecular weight is 453 g/mol. The molecule has 6 nitrogen and oxygen atoms in total. The zero-order chi connectivity index (χ0) is 22.3. The molecule has 2 rings (SSSR count). The predicted octanol–water partition coefficient (Wildman–Crippen LogP) is 2.98. The van der Waals surface area contributed by atoms with Gasteiger partial charge in [-0.25, -0.2) is 26.3 Å². The van der Waals surface area contributed by atoms with Gasteiger partial charge in [0.25, 0.3) is 0 Å². The molecule has 2 aromatic carbocycles. The second-order valence-electron chi connectivity index (χ2n) is 6.33. The van der Waals surface area contributed by atoms with Crippen LogP contribution >= 0.6 is 0 Å². The van der Waals surface area contributed by atoms with E-state index in [9.17, 15) is 30.0 Å². The molecule has 0 amide bonds. The summed E-state index contributed by atoms with van der Waals surface area (Å²) in [5, 5.41) is 0. The van der Waals surface area contributed by atoms with Crippen LogP contribution in [0.25, 0.3) is 0 Å². The molecule has 0 radical (unpaired) electrons. The van der Waals surface area contributed by atoms with E-state index in [0.717, 1.165) is 17.4 Å². The molecule has 0 heterocycles. The van der Waals surface area contributed by atoms with E-state index in [1.807, 2.05) is 38.1 Å². The Bertz CT molecular complexity index is 987. The highest BCUT2D eigenvalue weighted by molar-refractivity contribution is 7.90. The molecular weight excluding hydrogens is 429 g/mol. The number of benzene rings is 2. The predicted molar refractivity (Wildman–Crippen MR) is 106 cm³/mol. The van der Waals surface area contributed by atoms with Crippen molar-refractivity contribution in [3.8, 4) is 0 Å². The van der Waals surface area contributed by atoms with E-state index < -0.39 is 25.6 Å². The first kappa shape index (κ1) is 25.1. The average Bonchev–Trinajstić information content (AvgIpc) is 2.60. The minimum Gasteiger partial charge on any atom is -0.213 e. The molecule has 0 saturated heterocycles. The highest BCUT2D eigenvalue weighted by Gasteiger charge is 2.45. The maximum Gasteiger partial charge on any atom is 0.511 e. The Labute approximate surface area is 169 Å². The van der Waals surface area contributed by atoms with Gasteiger partial charge in [-0.2, -0.15) is 13.2 Å². The van der Waals surface area contributed by atoms with Crippen LogP contribution in [0.5, 0.6) is 0 Å². The number of rotatable bonds is 6. The highest BCUT2D eigenvalue weighted by Crippen LogP contribution is 2.21. The first-order valence-electron chi connectivity index (χ1n) is 8.31. The monoisotopic (exact) mass is 452 g/mol. The Morgan fingerprint density at radius 1 is 0.724 bits per heavy atom. The van der Waals surface area contributed by atoms with Gasteiger partial charge in [-0.05, 0) is 25.0 Å². The zero-order valence-electron chi connectivity index (χ0n) is 16.1. The van der Waals surface area contributed by atoms with E-state index in [0.29, 0.717) is 12.1 Å². The van der Waals surface area contributed by atoms with E-state index in [2.05, 4.69) is 4.72 Å². The van der Waals surface area contributed by atoms with Crippen LogP contribution in [-0.2, 0) is 33.1 Å². The smallest absolute Gasteiger partial charge is 0.213 e. The van der Waals surface area contributed by atoms with Crippen LogP contribution in [0, 0.1) is 13.8 Å². The number of hydrogen-bond acceptors (Lipinski definition) is 4.